The van der Waals surface area contributed by atoms with E-state index < -0.39 is 18.0 Å². The zero-order valence-electron chi connectivity index (χ0n) is 24.6. The number of Topliss-reactive ketones (excluding diaryl/α,β-unsaturated/α-hetero) is 1. The van der Waals surface area contributed by atoms with Crippen LogP contribution in [0.5, 0.6) is 0 Å². The highest BCUT2D eigenvalue weighted by atomic mass is 16.8. The van der Waals surface area contributed by atoms with E-state index in [2.05, 4.69) is 54.6 Å². The standard InChI is InChI=1S/C36H39NO5/c1-36(2,3)41-35(39)42-37-22-21-32(24-34(37)40-25-27-15-19-28-9-7-8-12-31(28)23-27)29-17-13-26(14-18-29)16-20-33(38)30-10-5-4-6-11-30/h4-15,17-19,23,32,34H,16,20-22,24-25H2,1-3H3. The molecule has 0 radical (unpaired) electrons. The van der Waals surface area contributed by atoms with Gasteiger partial charge in [-0.15, -0.1) is 5.06 Å². The Labute approximate surface area is 248 Å². The molecule has 42 heavy (non-hydrogen) atoms. The minimum atomic E-state index is -0.727. The summed E-state index contributed by atoms with van der Waals surface area (Å²) in [5, 5.41) is 3.96. The van der Waals surface area contributed by atoms with Crippen molar-refractivity contribution in [2.75, 3.05) is 6.54 Å². The summed E-state index contributed by atoms with van der Waals surface area (Å²) >= 11 is 0. The summed E-state index contributed by atoms with van der Waals surface area (Å²) in [6.45, 7) is 6.37. The first-order chi connectivity index (χ1) is 20.2. The van der Waals surface area contributed by atoms with Gasteiger partial charge in [-0.2, -0.15) is 0 Å². The van der Waals surface area contributed by atoms with Crippen LogP contribution in [0, 0.1) is 0 Å². The maximum Gasteiger partial charge on any atom is 0.528 e. The van der Waals surface area contributed by atoms with Gasteiger partial charge in [-0.05, 0) is 79.5 Å². The lowest BCUT2D eigenvalue weighted by atomic mass is 9.88. The third kappa shape index (κ3) is 8.05. The predicted molar refractivity (Wildman–Crippen MR) is 164 cm³/mol. The Hall–Kier alpha value is -4.00. The molecule has 4 aromatic carbocycles. The van der Waals surface area contributed by atoms with Gasteiger partial charge in [-0.1, -0.05) is 91.0 Å². The molecule has 1 aliphatic rings. The fourth-order valence-corrected chi connectivity index (χ4v) is 5.33. The molecule has 2 unspecified atom stereocenters. The summed E-state index contributed by atoms with van der Waals surface area (Å²) in [6.07, 6.45) is 1.51. The summed E-state index contributed by atoms with van der Waals surface area (Å²) < 4.78 is 11.8. The third-order valence-corrected chi connectivity index (χ3v) is 7.53. The lowest BCUT2D eigenvalue weighted by Crippen LogP contribution is -2.45. The van der Waals surface area contributed by atoms with E-state index in [1.807, 2.05) is 63.2 Å². The van der Waals surface area contributed by atoms with E-state index in [4.69, 9.17) is 14.3 Å². The van der Waals surface area contributed by atoms with Gasteiger partial charge in [0.05, 0.1) is 6.61 Å². The summed E-state index contributed by atoms with van der Waals surface area (Å²) in [5.74, 6) is 0.397. The van der Waals surface area contributed by atoms with E-state index in [1.165, 1.54) is 10.9 Å². The smallest absolute Gasteiger partial charge is 0.427 e. The molecule has 1 saturated heterocycles. The van der Waals surface area contributed by atoms with E-state index in [0.29, 0.717) is 32.4 Å². The summed E-state index contributed by atoms with van der Waals surface area (Å²) in [6, 6.07) is 32.5. The van der Waals surface area contributed by atoms with E-state index in [1.54, 1.807) is 5.06 Å². The fourth-order valence-electron chi connectivity index (χ4n) is 5.33. The summed E-state index contributed by atoms with van der Waals surface area (Å²) in [4.78, 5) is 30.7. The Morgan fingerprint density at radius 3 is 2.26 bits per heavy atom. The molecule has 1 fully saturated rings. The summed E-state index contributed by atoms with van der Waals surface area (Å²) in [7, 11) is 0. The van der Waals surface area contributed by atoms with Crippen LogP contribution in [-0.2, 0) is 27.3 Å². The van der Waals surface area contributed by atoms with Gasteiger partial charge < -0.3 is 14.3 Å². The molecule has 0 amide bonds. The second-order valence-electron chi connectivity index (χ2n) is 11.9. The van der Waals surface area contributed by atoms with E-state index in [9.17, 15) is 9.59 Å². The molecule has 0 N–H and O–H groups in total. The lowest BCUT2D eigenvalue weighted by molar-refractivity contribution is -0.249. The van der Waals surface area contributed by atoms with Gasteiger partial charge in [-0.25, -0.2) is 4.79 Å². The van der Waals surface area contributed by atoms with Gasteiger partial charge in [-0.3, -0.25) is 4.79 Å². The first-order valence-electron chi connectivity index (χ1n) is 14.7. The molecule has 6 heteroatoms. The third-order valence-electron chi connectivity index (χ3n) is 7.53. The maximum absolute atomic E-state index is 12.5. The minimum absolute atomic E-state index is 0.156. The van der Waals surface area contributed by atoms with Crippen molar-refractivity contribution in [1.82, 2.24) is 5.06 Å². The predicted octanol–water partition coefficient (Wildman–Crippen LogP) is 8.24. The fraction of sp³-hybridized carbons (Fsp3) is 0.333. The molecule has 1 aliphatic heterocycles. The van der Waals surface area contributed by atoms with Crippen molar-refractivity contribution >= 4 is 22.7 Å². The van der Waals surface area contributed by atoms with E-state index in [0.717, 1.165) is 28.5 Å². The van der Waals surface area contributed by atoms with Crippen LogP contribution in [0.3, 0.4) is 0 Å². The molecule has 0 aromatic heterocycles. The Morgan fingerprint density at radius 1 is 0.833 bits per heavy atom. The second kappa shape index (κ2) is 13.3. The number of rotatable bonds is 9. The normalized spacial score (nSPS) is 17.6. The van der Waals surface area contributed by atoms with Gasteiger partial charge in [0.1, 0.15) is 11.8 Å². The molecule has 2 atom stereocenters. The Kier molecular flexibility index (Phi) is 9.35. The molecule has 0 spiro atoms. The quantitative estimate of drug-likeness (QED) is 0.150. The number of ether oxygens (including phenoxy) is 2. The van der Waals surface area contributed by atoms with Gasteiger partial charge in [0, 0.05) is 18.5 Å². The molecule has 6 nitrogen and oxygen atoms in total. The van der Waals surface area contributed by atoms with Crippen LogP contribution in [0.4, 0.5) is 4.79 Å². The number of ketones is 1. The number of aryl methyl sites for hydroxylation is 1. The average Bonchev–Trinajstić information content (AvgIpc) is 2.99. The number of carbonyl (C=O) groups excluding carboxylic acids is 2. The van der Waals surface area contributed by atoms with Crippen LogP contribution < -0.4 is 0 Å². The molecule has 0 bridgehead atoms. The number of fused-ring (bicyclic) bond motifs is 1. The first-order valence-corrected chi connectivity index (χ1v) is 14.7. The molecule has 4 aromatic rings. The molecule has 0 aliphatic carbocycles. The van der Waals surface area contributed by atoms with Gasteiger partial charge in [0.2, 0.25) is 0 Å². The van der Waals surface area contributed by atoms with Gasteiger partial charge >= 0.3 is 6.16 Å². The van der Waals surface area contributed by atoms with Crippen molar-refractivity contribution in [3.05, 3.63) is 119 Å². The lowest BCUT2D eigenvalue weighted by Gasteiger charge is -2.37. The number of piperidine rings is 1. The largest absolute Gasteiger partial charge is 0.528 e. The highest BCUT2D eigenvalue weighted by Crippen LogP contribution is 2.33. The van der Waals surface area contributed by atoms with Crippen LogP contribution >= 0.6 is 0 Å². The highest BCUT2D eigenvalue weighted by molar-refractivity contribution is 5.96. The van der Waals surface area contributed by atoms with Crippen LogP contribution in [0.15, 0.2) is 97.1 Å². The molecule has 218 valence electrons. The van der Waals surface area contributed by atoms with Crippen molar-refractivity contribution in [2.24, 2.45) is 0 Å². The van der Waals surface area contributed by atoms with E-state index in [-0.39, 0.29) is 11.7 Å². The van der Waals surface area contributed by atoms with Crippen molar-refractivity contribution in [2.45, 2.75) is 70.8 Å². The van der Waals surface area contributed by atoms with Crippen molar-refractivity contribution < 1.29 is 23.9 Å². The zero-order valence-corrected chi connectivity index (χ0v) is 24.6. The number of hydrogen-bond acceptors (Lipinski definition) is 6. The average molecular weight is 566 g/mol. The van der Waals surface area contributed by atoms with Crippen molar-refractivity contribution in [3.63, 3.8) is 0 Å². The number of hydrogen-bond donors (Lipinski definition) is 0. The number of benzene rings is 4. The van der Waals surface area contributed by atoms with Crippen LogP contribution in [0.25, 0.3) is 10.8 Å². The monoisotopic (exact) mass is 565 g/mol. The highest BCUT2D eigenvalue weighted by Gasteiger charge is 2.34. The Balaban J connectivity index is 1.24. The van der Waals surface area contributed by atoms with Crippen molar-refractivity contribution in [1.29, 1.82) is 0 Å². The molecular formula is C36H39NO5. The number of hydroxylamine groups is 2. The van der Waals surface area contributed by atoms with Crippen LogP contribution in [-0.4, -0.2) is 35.4 Å². The molecule has 0 saturated carbocycles. The Bertz CT molecular complexity index is 1490. The van der Waals surface area contributed by atoms with Crippen LogP contribution in [0.2, 0.25) is 0 Å². The minimum Gasteiger partial charge on any atom is -0.427 e. The second-order valence-corrected chi connectivity index (χ2v) is 11.9. The van der Waals surface area contributed by atoms with Gasteiger partial charge in [0.15, 0.2) is 5.78 Å². The van der Waals surface area contributed by atoms with Gasteiger partial charge in [0.25, 0.3) is 0 Å². The van der Waals surface area contributed by atoms with E-state index >= 15 is 0 Å². The van der Waals surface area contributed by atoms with Crippen LogP contribution in [0.1, 0.15) is 73.0 Å². The summed E-state index contributed by atoms with van der Waals surface area (Å²) in [5.41, 5.74) is 3.51. The molecule has 5 rings (SSSR count). The Morgan fingerprint density at radius 2 is 1.52 bits per heavy atom. The maximum atomic E-state index is 12.5. The zero-order chi connectivity index (χ0) is 29.5. The molecule has 1 heterocycles. The SMILES string of the molecule is CC(C)(C)OC(=O)ON1CCC(c2ccc(CCC(=O)c3ccccc3)cc2)CC1OCc1ccc2ccccc2c1. The topological polar surface area (TPSA) is 65.1 Å². The number of nitrogens with zero attached hydrogens (tertiary/aromatic N) is 1. The number of carbonyl (C=O) groups is 2. The molecular weight excluding hydrogens is 526 g/mol. The first kappa shape index (κ1) is 29.5. The van der Waals surface area contributed by atoms with Crippen molar-refractivity contribution in [3.8, 4) is 0 Å².